The molecule has 35 heavy (non-hydrogen) atoms. The number of fused-ring (bicyclic) bond motifs is 2. The van der Waals surface area contributed by atoms with Crippen LogP contribution >= 0.6 is 0 Å². The molecule has 2 amide bonds. The van der Waals surface area contributed by atoms with Gasteiger partial charge in [0.05, 0.1) is 10.6 Å². The number of para-hydroxylation sites is 1. The average molecular weight is 490 g/mol. The van der Waals surface area contributed by atoms with E-state index in [0.717, 1.165) is 41.6 Å². The zero-order chi connectivity index (χ0) is 24.6. The molecule has 0 bridgehead atoms. The van der Waals surface area contributed by atoms with Crippen LogP contribution in [0, 0.1) is 6.92 Å². The molecular weight excluding hydrogens is 462 g/mol. The molecule has 2 heterocycles. The second-order valence-electron chi connectivity index (χ2n) is 8.98. The number of hydrogen-bond acceptors (Lipinski definition) is 4. The number of nitrogens with one attached hydrogen (secondary N) is 1. The number of hydrogen-bond donors (Lipinski definition) is 1. The normalized spacial score (nSPS) is 15.2. The van der Waals surface area contributed by atoms with E-state index in [-0.39, 0.29) is 4.90 Å². The summed E-state index contributed by atoms with van der Waals surface area (Å²) in [6.07, 6.45) is 3.11. The van der Waals surface area contributed by atoms with E-state index < -0.39 is 21.8 Å². The molecule has 5 rings (SSSR count). The van der Waals surface area contributed by atoms with Gasteiger partial charge in [0.2, 0.25) is 0 Å². The van der Waals surface area contributed by atoms with Gasteiger partial charge in [-0.25, -0.2) is 8.42 Å². The van der Waals surface area contributed by atoms with Gasteiger partial charge in [0, 0.05) is 24.5 Å². The van der Waals surface area contributed by atoms with Crippen molar-refractivity contribution < 1.29 is 18.0 Å². The van der Waals surface area contributed by atoms with Crippen molar-refractivity contribution in [1.82, 2.24) is 0 Å². The first-order chi connectivity index (χ1) is 16.8. The Kier molecular flexibility index (Phi) is 6.06. The molecule has 0 fully saturated rings. The molecule has 7 nitrogen and oxygen atoms in total. The molecule has 2 aliphatic rings. The molecule has 1 N–H and O–H groups in total. The maximum Gasteiger partial charge on any atom is 0.316 e. The summed E-state index contributed by atoms with van der Waals surface area (Å²) in [6.45, 7) is 2.74. The summed E-state index contributed by atoms with van der Waals surface area (Å²) < 4.78 is 28.2. The number of sulfonamides is 1. The lowest BCUT2D eigenvalue weighted by atomic mass is 10.0. The second-order valence-corrected chi connectivity index (χ2v) is 10.8. The van der Waals surface area contributed by atoms with Crippen molar-refractivity contribution in [3.05, 3.63) is 83.4 Å². The van der Waals surface area contributed by atoms with E-state index in [1.54, 1.807) is 36.4 Å². The SMILES string of the molecule is Cc1ccc(S(=O)(=O)N2CCCc3ccc(NC(=O)C(=O)N4CCCc5ccccc54)cc32)cc1. The lowest BCUT2D eigenvalue weighted by Gasteiger charge is -2.31. The monoisotopic (exact) mass is 489 g/mol. The van der Waals surface area contributed by atoms with Crippen LogP contribution < -0.4 is 14.5 Å². The summed E-state index contributed by atoms with van der Waals surface area (Å²) in [5.41, 5.74) is 4.60. The zero-order valence-corrected chi connectivity index (χ0v) is 20.3. The van der Waals surface area contributed by atoms with E-state index in [4.69, 9.17) is 0 Å². The molecule has 0 aromatic heterocycles. The highest BCUT2D eigenvalue weighted by molar-refractivity contribution is 7.92. The Labute approximate surface area is 205 Å². The summed E-state index contributed by atoms with van der Waals surface area (Å²) in [4.78, 5) is 27.6. The lowest BCUT2D eigenvalue weighted by Crippen LogP contribution is -2.42. The Balaban J connectivity index is 1.40. The smallest absolute Gasteiger partial charge is 0.316 e. The molecule has 0 spiro atoms. The minimum atomic E-state index is -3.76. The largest absolute Gasteiger partial charge is 0.318 e. The third kappa shape index (κ3) is 4.41. The fraction of sp³-hybridized carbons (Fsp3) is 0.259. The van der Waals surface area contributed by atoms with Crippen molar-refractivity contribution in [2.24, 2.45) is 0 Å². The van der Waals surface area contributed by atoms with E-state index in [1.165, 1.54) is 9.21 Å². The Morgan fingerprint density at radius 3 is 2.29 bits per heavy atom. The zero-order valence-electron chi connectivity index (χ0n) is 19.5. The van der Waals surface area contributed by atoms with Crippen LogP contribution in [0.4, 0.5) is 17.1 Å². The van der Waals surface area contributed by atoms with Crippen LogP contribution in [-0.2, 0) is 32.5 Å². The van der Waals surface area contributed by atoms with E-state index in [1.807, 2.05) is 37.3 Å². The van der Waals surface area contributed by atoms with E-state index in [2.05, 4.69) is 5.32 Å². The highest BCUT2D eigenvalue weighted by Gasteiger charge is 2.31. The van der Waals surface area contributed by atoms with Crippen LogP contribution in [0.1, 0.15) is 29.5 Å². The Bertz CT molecular complexity index is 1400. The van der Waals surface area contributed by atoms with Gasteiger partial charge in [-0.3, -0.25) is 13.9 Å². The summed E-state index contributed by atoms with van der Waals surface area (Å²) >= 11 is 0. The predicted molar refractivity (Wildman–Crippen MR) is 136 cm³/mol. The van der Waals surface area contributed by atoms with E-state index in [9.17, 15) is 18.0 Å². The number of carbonyl (C=O) groups excluding carboxylic acids is 2. The number of nitrogens with zero attached hydrogens (tertiary/aromatic N) is 2. The minimum Gasteiger partial charge on any atom is -0.318 e. The van der Waals surface area contributed by atoms with E-state index in [0.29, 0.717) is 30.9 Å². The van der Waals surface area contributed by atoms with Crippen molar-refractivity contribution in [3.8, 4) is 0 Å². The number of amides is 2. The van der Waals surface area contributed by atoms with Gasteiger partial charge in [0.15, 0.2) is 0 Å². The van der Waals surface area contributed by atoms with Crippen LogP contribution in [0.15, 0.2) is 71.6 Å². The first-order valence-corrected chi connectivity index (χ1v) is 13.2. The van der Waals surface area contributed by atoms with Gasteiger partial charge < -0.3 is 10.2 Å². The van der Waals surface area contributed by atoms with Gasteiger partial charge >= 0.3 is 11.8 Å². The molecule has 0 saturated heterocycles. The molecule has 8 heteroatoms. The molecule has 0 atom stereocenters. The number of benzene rings is 3. The van der Waals surface area contributed by atoms with Crippen molar-refractivity contribution in [2.75, 3.05) is 27.6 Å². The quantitative estimate of drug-likeness (QED) is 0.563. The minimum absolute atomic E-state index is 0.226. The molecule has 180 valence electrons. The molecule has 3 aromatic carbocycles. The third-order valence-corrected chi connectivity index (χ3v) is 8.41. The Morgan fingerprint density at radius 1 is 0.829 bits per heavy atom. The molecule has 0 radical (unpaired) electrons. The van der Waals surface area contributed by atoms with Gasteiger partial charge in [-0.05, 0) is 74.1 Å². The Morgan fingerprint density at radius 2 is 1.51 bits per heavy atom. The van der Waals surface area contributed by atoms with Crippen molar-refractivity contribution >= 4 is 38.9 Å². The number of rotatable bonds is 3. The first-order valence-electron chi connectivity index (χ1n) is 11.8. The molecular formula is C27H27N3O4S. The number of aryl methyl sites for hydroxylation is 3. The van der Waals surface area contributed by atoms with Gasteiger partial charge in [-0.1, -0.05) is 42.0 Å². The van der Waals surface area contributed by atoms with Gasteiger partial charge in [-0.2, -0.15) is 0 Å². The predicted octanol–water partition coefficient (Wildman–Crippen LogP) is 4.05. The van der Waals surface area contributed by atoms with Crippen LogP contribution in [0.25, 0.3) is 0 Å². The van der Waals surface area contributed by atoms with Crippen molar-refractivity contribution in [2.45, 2.75) is 37.5 Å². The van der Waals surface area contributed by atoms with Gasteiger partial charge in [0.1, 0.15) is 0 Å². The van der Waals surface area contributed by atoms with Crippen molar-refractivity contribution in [3.63, 3.8) is 0 Å². The fourth-order valence-corrected chi connectivity index (χ4v) is 6.29. The van der Waals surface area contributed by atoms with E-state index >= 15 is 0 Å². The summed E-state index contributed by atoms with van der Waals surface area (Å²) in [6, 6.07) is 19.6. The van der Waals surface area contributed by atoms with Crippen LogP contribution in [-0.4, -0.2) is 33.3 Å². The summed E-state index contributed by atoms with van der Waals surface area (Å²) in [5, 5.41) is 2.69. The molecule has 0 unspecified atom stereocenters. The summed E-state index contributed by atoms with van der Waals surface area (Å²) in [7, 11) is -3.76. The molecule has 3 aromatic rings. The van der Waals surface area contributed by atoms with Crippen LogP contribution in [0.5, 0.6) is 0 Å². The maximum absolute atomic E-state index is 13.4. The third-order valence-electron chi connectivity index (χ3n) is 6.58. The van der Waals surface area contributed by atoms with Crippen molar-refractivity contribution in [1.29, 1.82) is 0 Å². The molecule has 2 aliphatic heterocycles. The topological polar surface area (TPSA) is 86.8 Å². The lowest BCUT2D eigenvalue weighted by molar-refractivity contribution is -0.134. The molecule has 0 aliphatic carbocycles. The average Bonchev–Trinajstić information content (AvgIpc) is 2.87. The highest BCUT2D eigenvalue weighted by atomic mass is 32.2. The standard InChI is InChI=1S/C27H27N3O4S/c1-19-10-14-23(15-11-19)35(33,34)30-17-5-8-21-12-13-22(18-25(21)30)28-26(31)27(32)29-16-4-7-20-6-2-3-9-24(20)29/h2-3,6,9-15,18H,4-5,7-8,16-17H2,1H3,(H,28,31). The summed E-state index contributed by atoms with van der Waals surface area (Å²) in [5.74, 6) is -1.37. The second kappa shape index (κ2) is 9.19. The van der Waals surface area contributed by atoms with Gasteiger partial charge in [-0.15, -0.1) is 0 Å². The Hall–Kier alpha value is -3.65. The van der Waals surface area contributed by atoms with Crippen LogP contribution in [0.3, 0.4) is 0 Å². The fourth-order valence-electron chi connectivity index (χ4n) is 4.76. The maximum atomic E-state index is 13.4. The number of anilines is 3. The number of carbonyl (C=O) groups is 2. The van der Waals surface area contributed by atoms with Gasteiger partial charge in [0.25, 0.3) is 10.0 Å². The molecule has 0 saturated carbocycles. The highest BCUT2D eigenvalue weighted by Crippen LogP contribution is 2.34. The first kappa shape index (κ1) is 23.1. The van der Waals surface area contributed by atoms with Crippen LogP contribution in [0.2, 0.25) is 0 Å².